The lowest BCUT2D eigenvalue weighted by Gasteiger charge is -2.07. The minimum atomic E-state index is -0.550. The molecule has 6 heteroatoms. The third-order valence-corrected chi connectivity index (χ3v) is 2.56. The van der Waals surface area contributed by atoms with Gasteiger partial charge in [0, 0.05) is 10.7 Å². The van der Waals surface area contributed by atoms with Crippen LogP contribution in [0.25, 0.3) is 0 Å². The van der Waals surface area contributed by atoms with Crippen molar-refractivity contribution < 1.29 is 9.53 Å². The number of carbonyl (C=O) groups is 1. The highest BCUT2D eigenvalue weighted by molar-refractivity contribution is 6.30. The van der Waals surface area contributed by atoms with Crippen LogP contribution in [0, 0.1) is 0 Å². The largest absolute Gasteiger partial charge is 0.453 e. The molecule has 0 unspecified atom stereocenters. The van der Waals surface area contributed by atoms with Crippen molar-refractivity contribution in [2.45, 2.75) is 0 Å². The van der Waals surface area contributed by atoms with E-state index in [2.05, 4.69) is 20.4 Å². The Morgan fingerprint density at radius 2 is 1.84 bits per heavy atom. The quantitative estimate of drug-likeness (QED) is 0.899. The summed E-state index contributed by atoms with van der Waals surface area (Å²) in [6.45, 7) is 0. The van der Waals surface area contributed by atoms with Crippen molar-refractivity contribution >= 4 is 34.9 Å². The number of methoxy groups -OCH3 is 1. The predicted molar refractivity (Wildman–Crippen MR) is 75.0 cm³/mol. The lowest BCUT2D eigenvalue weighted by Crippen LogP contribution is -2.11. The van der Waals surface area contributed by atoms with Crippen molar-refractivity contribution in [1.82, 2.24) is 4.98 Å². The van der Waals surface area contributed by atoms with Crippen LogP contribution in [0.1, 0.15) is 0 Å². The van der Waals surface area contributed by atoms with E-state index in [9.17, 15) is 4.79 Å². The standard InChI is InChI=1S/C13H12ClN3O2/c1-19-13(18)17-12-7-6-11(8-15-12)16-10-4-2-9(14)3-5-10/h2-8,16H,1H3,(H,15,17,18). The van der Waals surface area contributed by atoms with Gasteiger partial charge in [-0.15, -0.1) is 0 Å². The van der Waals surface area contributed by atoms with Gasteiger partial charge < -0.3 is 10.1 Å². The lowest BCUT2D eigenvalue weighted by molar-refractivity contribution is 0.187. The number of hydrogen-bond acceptors (Lipinski definition) is 4. The van der Waals surface area contributed by atoms with Crippen LogP contribution in [0.15, 0.2) is 42.6 Å². The van der Waals surface area contributed by atoms with Gasteiger partial charge in [0.1, 0.15) is 5.82 Å². The molecule has 1 heterocycles. The number of aromatic nitrogens is 1. The summed E-state index contributed by atoms with van der Waals surface area (Å²) in [6, 6.07) is 10.8. The maximum Gasteiger partial charge on any atom is 0.412 e. The van der Waals surface area contributed by atoms with Crippen LogP contribution in [0.2, 0.25) is 5.02 Å². The third kappa shape index (κ3) is 3.86. The molecule has 0 bridgehead atoms. The smallest absolute Gasteiger partial charge is 0.412 e. The van der Waals surface area contributed by atoms with Crippen molar-refractivity contribution in [2.24, 2.45) is 0 Å². The first-order chi connectivity index (χ1) is 9.17. The van der Waals surface area contributed by atoms with Crippen LogP contribution in [-0.2, 0) is 4.74 Å². The number of anilines is 3. The molecule has 2 N–H and O–H groups in total. The van der Waals surface area contributed by atoms with Crippen LogP contribution in [-0.4, -0.2) is 18.2 Å². The molecule has 0 saturated heterocycles. The highest BCUT2D eigenvalue weighted by Crippen LogP contribution is 2.19. The fraction of sp³-hybridized carbons (Fsp3) is 0.0769. The molecule has 2 aromatic rings. The molecule has 2 rings (SSSR count). The number of hydrogen-bond donors (Lipinski definition) is 2. The first kappa shape index (κ1) is 13.2. The number of nitrogens with zero attached hydrogens (tertiary/aromatic N) is 1. The topological polar surface area (TPSA) is 63.2 Å². The van der Waals surface area contributed by atoms with E-state index in [0.29, 0.717) is 10.8 Å². The Bertz CT molecular complexity index is 555. The van der Waals surface area contributed by atoms with Crippen LogP contribution in [0.3, 0.4) is 0 Å². The second-order valence-electron chi connectivity index (χ2n) is 3.68. The molecule has 1 aromatic heterocycles. The number of halogens is 1. The van der Waals surface area contributed by atoms with E-state index in [4.69, 9.17) is 11.6 Å². The number of carbonyl (C=O) groups excluding carboxylic acids is 1. The van der Waals surface area contributed by atoms with Crippen LogP contribution in [0.4, 0.5) is 22.0 Å². The summed E-state index contributed by atoms with van der Waals surface area (Å²) in [5, 5.41) is 6.31. The summed E-state index contributed by atoms with van der Waals surface area (Å²) in [5.41, 5.74) is 1.71. The Morgan fingerprint density at radius 1 is 1.16 bits per heavy atom. The third-order valence-electron chi connectivity index (χ3n) is 2.31. The molecule has 0 aliphatic carbocycles. The number of amides is 1. The molecule has 0 radical (unpaired) electrons. The van der Waals surface area contributed by atoms with E-state index in [1.807, 2.05) is 12.1 Å². The first-order valence-corrected chi connectivity index (χ1v) is 5.89. The van der Waals surface area contributed by atoms with Crippen molar-refractivity contribution in [3.63, 3.8) is 0 Å². The Kier molecular flexibility index (Phi) is 4.20. The molecule has 0 aliphatic heterocycles. The zero-order valence-electron chi connectivity index (χ0n) is 10.2. The van der Waals surface area contributed by atoms with Gasteiger partial charge >= 0.3 is 6.09 Å². The fourth-order valence-electron chi connectivity index (χ4n) is 1.40. The van der Waals surface area contributed by atoms with Gasteiger partial charge in [0.2, 0.25) is 0 Å². The average molecular weight is 278 g/mol. The van der Waals surface area contributed by atoms with Crippen molar-refractivity contribution in [2.75, 3.05) is 17.7 Å². The monoisotopic (exact) mass is 277 g/mol. The summed E-state index contributed by atoms with van der Waals surface area (Å²) in [6.07, 6.45) is 1.06. The molecule has 19 heavy (non-hydrogen) atoms. The lowest BCUT2D eigenvalue weighted by atomic mass is 10.3. The van der Waals surface area contributed by atoms with Gasteiger partial charge in [0.25, 0.3) is 0 Å². The normalized spacial score (nSPS) is 9.79. The van der Waals surface area contributed by atoms with E-state index in [1.165, 1.54) is 7.11 Å². The van der Waals surface area contributed by atoms with Gasteiger partial charge in [0.05, 0.1) is 19.0 Å². The second kappa shape index (κ2) is 6.06. The second-order valence-corrected chi connectivity index (χ2v) is 4.12. The van der Waals surface area contributed by atoms with Crippen LogP contribution >= 0.6 is 11.6 Å². The zero-order chi connectivity index (χ0) is 13.7. The molecule has 1 amide bonds. The Morgan fingerprint density at radius 3 is 2.42 bits per heavy atom. The minimum absolute atomic E-state index is 0.425. The summed E-state index contributed by atoms with van der Waals surface area (Å²) in [4.78, 5) is 15.1. The highest BCUT2D eigenvalue weighted by atomic mass is 35.5. The van der Waals surface area contributed by atoms with E-state index < -0.39 is 6.09 Å². The number of rotatable bonds is 3. The summed E-state index contributed by atoms with van der Waals surface area (Å²) in [5.74, 6) is 0.425. The van der Waals surface area contributed by atoms with Crippen molar-refractivity contribution in [1.29, 1.82) is 0 Å². The maximum atomic E-state index is 11.0. The number of ether oxygens (including phenoxy) is 1. The molecule has 0 saturated carbocycles. The SMILES string of the molecule is COC(=O)Nc1ccc(Nc2ccc(Cl)cc2)cn1. The number of pyridine rings is 1. The van der Waals surface area contributed by atoms with Gasteiger partial charge in [-0.2, -0.15) is 0 Å². The van der Waals surface area contributed by atoms with Gasteiger partial charge in [-0.1, -0.05) is 11.6 Å². The summed E-state index contributed by atoms with van der Waals surface area (Å²) in [7, 11) is 1.30. The Balaban J connectivity index is 2.02. The van der Waals surface area contributed by atoms with Gasteiger partial charge in [0.15, 0.2) is 0 Å². The molecule has 1 aromatic carbocycles. The molecule has 5 nitrogen and oxygen atoms in total. The number of nitrogens with one attached hydrogen (secondary N) is 2. The highest BCUT2D eigenvalue weighted by Gasteiger charge is 2.01. The van der Waals surface area contributed by atoms with E-state index in [-0.39, 0.29) is 0 Å². The first-order valence-electron chi connectivity index (χ1n) is 5.51. The predicted octanol–water partition coefficient (Wildman–Crippen LogP) is 3.66. The molecule has 0 aliphatic rings. The molecule has 0 fully saturated rings. The van der Waals surface area contributed by atoms with Gasteiger partial charge in [-0.3, -0.25) is 5.32 Å². The average Bonchev–Trinajstić information content (AvgIpc) is 2.43. The fourth-order valence-corrected chi connectivity index (χ4v) is 1.52. The summed E-state index contributed by atoms with van der Waals surface area (Å²) < 4.78 is 4.47. The van der Waals surface area contributed by atoms with E-state index >= 15 is 0 Å². The van der Waals surface area contributed by atoms with Crippen molar-refractivity contribution in [3.05, 3.63) is 47.6 Å². The summed E-state index contributed by atoms with van der Waals surface area (Å²) >= 11 is 5.81. The molecular formula is C13H12ClN3O2. The van der Waals surface area contributed by atoms with E-state index in [0.717, 1.165) is 11.4 Å². The Hall–Kier alpha value is -2.27. The molecule has 0 spiro atoms. The van der Waals surface area contributed by atoms with Crippen LogP contribution < -0.4 is 10.6 Å². The van der Waals surface area contributed by atoms with Crippen LogP contribution in [0.5, 0.6) is 0 Å². The molecular weight excluding hydrogens is 266 g/mol. The van der Waals surface area contributed by atoms with Gasteiger partial charge in [-0.25, -0.2) is 9.78 Å². The minimum Gasteiger partial charge on any atom is -0.453 e. The zero-order valence-corrected chi connectivity index (χ0v) is 10.9. The molecule has 0 atom stereocenters. The maximum absolute atomic E-state index is 11.0. The van der Waals surface area contributed by atoms with Gasteiger partial charge in [-0.05, 0) is 36.4 Å². The number of benzene rings is 1. The molecule has 98 valence electrons. The van der Waals surface area contributed by atoms with Crippen molar-refractivity contribution in [3.8, 4) is 0 Å². The van der Waals surface area contributed by atoms with E-state index in [1.54, 1.807) is 30.5 Å². The Labute approximate surface area is 115 Å².